The van der Waals surface area contributed by atoms with Crippen LogP contribution in [0, 0.1) is 0 Å². The van der Waals surface area contributed by atoms with Crippen LogP contribution in [0.1, 0.15) is 56.8 Å². The minimum atomic E-state index is -0.0580. The van der Waals surface area contributed by atoms with E-state index in [1.54, 1.807) is 0 Å². The number of nitrogens with one attached hydrogen (secondary N) is 1. The van der Waals surface area contributed by atoms with E-state index in [4.69, 9.17) is 14.5 Å². The topological polar surface area (TPSA) is 65.4 Å². The molecular formula is C27H37N3O3. The van der Waals surface area contributed by atoms with Gasteiger partial charge in [-0.05, 0) is 55.0 Å². The second-order valence-corrected chi connectivity index (χ2v) is 8.69. The molecule has 1 aromatic heterocycles. The minimum Gasteiger partial charge on any atom is -0.494 e. The van der Waals surface area contributed by atoms with Crippen molar-refractivity contribution < 1.29 is 14.3 Å². The molecule has 0 aliphatic carbocycles. The van der Waals surface area contributed by atoms with Crippen molar-refractivity contribution in [1.82, 2.24) is 14.9 Å². The number of hydrogen-bond donors (Lipinski definition) is 1. The molecule has 3 rings (SSSR count). The summed E-state index contributed by atoms with van der Waals surface area (Å²) in [6.07, 6.45) is 4.90. The van der Waals surface area contributed by atoms with Gasteiger partial charge in [0.25, 0.3) is 0 Å². The van der Waals surface area contributed by atoms with Crippen LogP contribution < -0.4 is 10.1 Å². The molecule has 33 heavy (non-hydrogen) atoms. The van der Waals surface area contributed by atoms with Crippen LogP contribution in [0.15, 0.2) is 48.5 Å². The normalized spacial score (nSPS) is 11.3. The number of nitrogens with zero attached hydrogens (tertiary/aromatic N) is 2. The molecule has 0 aliphatic rings. The predicted octanol–water partition coefficient (Wildman–Crippen LogP) is 5.10. The molecule has 6 heteroatoms. The summed E-state index contributed by atoms with van der Waals surface area (Å²) in [4.78, 5) is 16.3. The summed E-state index contributed by atoms with van der Waals surface area (Å²) in [5.74, 6) is 2.52. The second kappa shape index (κ2) is 13.0. The van der Waals surface area contributed by atoms with Crippen LogP contribution in [-0.2, 0) is 22.5 Å². The number of unbranched alkanes of at least 4 members (excludes halogenated alkanes) is 2. The highest BCUT2D eigenvalue weighted by atomic mass is 16.5. The van der Waals surface area contributed by atoms with Gasteiger partial charge in [-0.1, -0.05) is 44.5 Å². The summed E-state index contributed by atoms with van der Waals surface area (Å²) >= 11 is 0. The van der Waals surface area contributed by atoms with Gasteiger partial charge in [0.15, 0.2) is 0 Å². The Balaban J connectivity index is 1.48. The number of amides is 1. The molecule has 3 aromatic rings. The van der Waals surface area contributed by atoms with Gasteiger partial charge in [-0.3, -0.25) is 4.79 Å². The molecule has 2 aromatic carbocycles. The average molecular weight is 452 g/mol. The molecule has 0 atom stereocenters. The molecule has 1 N–H and O–H groups in total. The van der Waals surface area contributed by atoms with Gasteiger partial charge in [0.1, 0.15) is 18.2 Å². The molecule has 1 amide bonds. The highest BCUT2D eigenvalue weighted by molar-refractivity contribution is 5.77. The molecule has 178 valence electrons. The lowest BCUT2D eigenvalue weighted by atomic mass is 10.0. The highest BCUT2D eigenvalue weighted by Crippen LogP contribution is 2.20. The third kappa shape index (κ3) is 7.60. The number of aromatic nitrogens is 2. The Morgan fingerprint density at radius 2 is 1.82 bits per heavy atom. The number of rotatable bonds is 14. The summed E-state index contributed by atoms with van der Waals surface area (Å²) in [7, 11) is 1.53. The van der Waals surface area contributed by atoms with Gasteiger partial charge < -0.3 is 19.4 Å². The van der Waals surface area contributed by atoms with Crippen molar-refractivity contribution in [1.29, 1.82) is 0 Å². The Hall–Kier alpha value is -2.86. The summed E-state index contributed by atoms with van der Waals surface area (Å²) in [5, 5.41) is 2.87. The summed E-state index contributed by atoms with van der Waals surface area (Å²) in [6.45, 7) is 6.76. The first-order chi connectivity index (χ1) is 16.1. The van der Waals surface area contributed by atoms with Crippen molar-refractivity contribution in [3.05, 3.63) is 59.9 Å². The largest absolute Gasteiger partial charge is 0.494 e. The van der Waals surface area contributed by atoms with E-state index < -0.39 is 0 Å². The molecule has 0 spiro atoms. The van der Waals surface area contributed by atoms with Crippen molar-refractivity contribution in [3.63, 3.8) is 0 Å². The number of carbonyl (C=O) groups is 1. The van der Waals surface area contributed by atoms with Gasteiger partial charge in [-0.2, -0.15) is 0 Å². The fraction of sp³-hybridized carbons (Fsp3) is 0.481. The van der Waals surface area contributed by atoms with Crippen LogP contribution in [-0.4, -0.2) is 42.3 Å². The maximum Gasteiger partial charge on any atom is 0.245 e. The van der Waals surface area contributed by atoms with Crippen molar-refractivity contribution >= 4 is 16.9 Å². The van der Waals surface area contributed by atoms with Crippen LogP contribution in [0.25, 0.3) is 11.0 Å². The van der Waals surface area contributed by atoms with Crippen molar-refractivity contribution in [2.75, 3.05) is 26.9 Å². The number of benzene rings is 2. The third-order valence-corrected chi connectivity index (χ3v) is 5.75. The quantitative estimate of drug-likeness (QED) is 0.346. The van der Waals surface area contributed by atoms with Crippen molar-refractivity contribution in [2.45, 2.75) is 58.4 Å². The zero-order valence-corrected chi connectivity index (χ0v) is 20.2. The Kier molecular flexibility index (Phi) is 9.76. The first-order valence-electron chi connectivity index (χ1n) is 12.0. The van der Waals surface area contributed by atoms with Gasteiger partial charge >= 0.3 is 0 Å². The molecule has 0 unspecified atom stereocenters. The fourth-order valence-corrected chi connectivity index (χ4v) is 3.92. The number of carbonyl (C=O) groups excluding carboxylic acids is 1. The average Bonchev–Trinajstić information content (AvgIpc) is 3.17. The van der Waals surface area contributed by atoms with Gasteiger partial charge in [0, 0.05) is 26.6 Å². The van der Waals surface area contributed by atoms with Gasteiger partial charge in [-0.25, -0.2) is 4.98 Å². The Bertz CT molecular complexity index is 996. The fourth-order valence-electron chi connectivity index (χ4n) is 3.92. The number of imidazole rings is 1. The van der Waals surface area contributed by atoms with E-state index in [0.717, 1.165) is 55.7 Å². The second-order valence-electron chi connectivity index (χ2n) is 8.69. The molecule has 0 aliphatic heterocycles. The third-order valence-electron chi connectivity index (χ3n) is 5.75. The summed E-state index contributed by atoms with van der Waals surface area (Å²) < 4.78 is 13.1. The summed E-state index contributed by atoms with van der Waals surface area (Å²) in [6, 6.07) is 16.7. The molecular weight excluding hydrogens is 414 g/mol. The van der Waals surface area contributed by atoms with Gasteiger partial charge in [-0.15, -0.1) is 0 Å². The first kappa shape index (κ1) is 24.8. The number of ether oxygens (including phenoxy) is 2. The van der Waals surface area contributed by atoms with Crippen molar-refractivity contribution in [2.24, 2.45) is 0 Å². The van der Waals surface area contributed by atoms with Gasteiger partial charge in [0.05, 0.1) is 17.6 Å². The zero-order valence-electron chi connectivity index (χ0n) is 20.2. The molecule has 0 fully saturated rings. The Morgan fingerprint density at radius 3 is 2.58 bits per heavy atom. The maximum atomic E-state index is 11.4. The lowest BCUT2D eigenvalue weighted by molar-refractivity contribution is -0.124. The molecule has 0 saturated heterocycles. The van der Waals surface area contributed by atoms with E-state index in [1.807, 2.05) is 6.07 Å². The smallest absolute Gasteiger partial charge is 0.245 e. The zero-order chi connectivity index (χ0) is 23.5. The molecule has 0 bridgehead atoms. The Morgan fingerprint density at radius 1 is 1.03 bits per heavy atom. The molecule has 1 heterocycles. The monoisotopic (exact) mass is 451 g/mol. The van der Waals surface area contributed by atoms with Crippen LogP contribution in [0.3, 0.4) is 0 Å². The van der Waals surface area contributed by atoms with Crippen LogP contribution >= 0.6 is 0 Å². The Labute approximate surface area is 197 Å². The number of hydrogen-bond acceptors (Lipinski definition) is 4. The van der Waals surface area contributed by atoms with Crippen molar-refractivity contribution in [3.8, 4) is 5.75 Å². The number of fused-ring (bicyclic) bond motifs is 1. The van der Waals surface area contributed by atoms with Gasteiger partial charge in [0.2, 0.25) is 5.91 Å². The number of methoxy groups -OCH3 is 1. The molecule has 0 saturated carbocycles. The first-order valence-corrected chi connectivity index (χ1v) is 12.0. The predicted molar refractivity (Wildman–Crippen MR) is 133 cm³/mol. The van der Waals surface area contributed by atoms with E-state index in [0.29, 0.717) is 19.1 Å². The van der Waals surface area contributed by atoms with E-state index in [1.165, 1.54) is 18.2 Å². The minimum absolute atomic E-state index is 0.0580. The standard InChI is InChI=1S/C27H37N3O3/c1-21(2)22-13-15-23(16-14-22)33-19-9-18-30-25-11-7-6-10-24(25)29-26(30)12-5-4-8-17-28-27(31)20-32-3/h6-7,10-11,13-16,21H,4-5,8-9,12,17-20H2,1-3H3,(H,28,31). The molecule has 6 nitrogen and oxygen atoms in total. The summed E-state index contributed by atoms with van der Waals surface area (Å²) in [5.41, 5.74) is 3.55. The lowest BCUT2D eigenvalue weighted by Crippen LogP contribution is -2.27. The van der Waals surface area contributed by atoms with E-state index in [2.05, 4.69) is 66.2 Å². The van der Waals surface area contributed by atoms with E-state index in [9.17, 15) is 4.79 Å². The molecule has 0 radical (unpaired) electrons. The SMILES string of the molecule is COCC(=O)NCCCCCc1nc2ccccc2n1CCCOc1ccc(C(C)C)cc1. The lowest BCUT2D eigenvalue weighted by Gasteiger charge is -2.11. The van der Waals surface area contributed by atoms with E-state index >= 15 is 0 Å². The van der Waals surface area contributed by atoms with E-state index in [-0.39, 0.29) is 12.5 Å². The van der Waals surface area contributed by atoms with Crippen LogP contribution in [0.4, 0.5) is 0 Å². The highest BCUT2D eigenvalue weighted by Gasteiger charge is 2.10. The van der Waals surface area contributed by atoms with Crippen LogP contribution in [0.2, 0.25) is 0 Å². The number of aryl methyl sites for hydroxylation is 2. The van der Waals surface area contributed by atoms with Crippen LogP contribution in [0.5, 0.6) is 5.75 Å². The maximum absolute atomic E-state index is 11.4. The number of para-hydroxylation sites is 2.